The SMILES string of the molecule is Oc1c(C=Nc2ccccc2)cc(-c2ccccc2)cc1-c1cccc2cc3ccccc3cc12. The largest absolute Gasteiger partial charge is 0.507 e. The van der Waals surface area contributed by atoms with E-state index < -0.39 is 0 Å². The first kappa shape index (κ1) is 20.9. The Morgan fingerprint density at radius 3 is 1.94 bits per heavy atom. The number of hydrogen-bond donors (Lipinski definition) is 1. The molecule has 0 radical (unpaired) electrons. The number of nitrogens with zero attached hydrogens (tertiary/aromatic N) is 1. The maximum Gasteiger partial charge on any atom is 0.132 e. The monoisotopic (exact) mass is 449 g/mol. The Bertz CT molecular complexity index is 1690. The Morgan fingerprint density at radius 1 is 0.514 bits per heavy atom. The third kappa shape index (κ3) is 4.07. The fourth-order valence-electron chi connectivity index (χ4n) is 4.62. The Kier molecular flexibility index (Phi) is 5.32. The van der Waals surface area contributed by atoms with Gasteiger partial charge in [-0.25, -0.2) is 0 Å². The minimum Gasteiger partial charge on any atom is -0.507 e. The molecule has 0 aliphatic rings. The van der Waals surface area contributed by atoms with Crippen molar-refractivity contribution in [1.82, 2.24) is 0 Å². The van der Waals surface area contributed by atoms with Gasteiger partial charge in [0.2, 0.25) is 0 Å². The number of benzene rings is 6. The molecule has 0 heterocycles. The van der Waals surface area contributed by atoms with Crippen LogP contribution in [0.2, 0.25) is 0 Å². The lowest BCUT2D eigenvalue weighted by molar-refractivity contribution is 0.476. The molecule has 0 bridgehead atoms. The van der Waals surface area contributed by atoms with Gasteiger partial charge in [-0.05, 0) is 74.6 Å². The highest BCUT2D eigenvalue weighted by Crippen LogP contribution is 2.40. The van der Waals surface area contributed by atoms with Crippen LogP contribution in [0.25, 0.3) is 43.8 Å². The second-order valence-corrected chi connectivity index (χ2v) is 8.65. The summed E-state index contributed by atoms with van der Waals surface area (Å²) in [6, 6.07) is 43.2. The quantitative estimate of drug-likeness (QED) is 0.212. The molecule has 0 spiro atoms. The summed E-state index contributed by atoms with van der Waals surface area (Å²) in [5.41, 5.74) is 5.44. The predicted molar refractivity (Wildman–Crippen MR) is 148 cm³/mol. The van der Waals surface area contributed by atoms with Crippen molar-refractivity contribution in [3.63, 3.8) is 0 Å². The maximum absolute atomic E-state index is 11.5. The van der Waals surface area contributed by atoms with Gasteiger partial charge in [0.1, 0.15) is 5.75 Å². The maximum atomic E-state index is 11.5. The molecule has 2 nitrogen and oxygen atoms in total. The van der Waals surface area contributed by atoms with Crippen LogP contribution in [-0.4, -0.2) is 11.3 Å². The molecule has 2 heteroatoms. The number of phenolic OH excluding ortho intramolecular Hbond substituents is 1. The summed E-state index contributed by atoms with van der Waals surface area (Å²) >= 11 is 0. The predicted octanol–water partition coefficient (Wildman–Crippen LogP) is 8.78. The molecule has 166 valence electrons. The molecular weight excluding hydrogens is 426 g/mol. The van der Waals surface area contributed by atoms with Gasteiger partial charge >= 0.3 is 0 Å². The topological polar surface area (TPSA) is 32.6 Å². The van der Waals surface area contributed by atoms with E-state index in [1.807, 2.05) is 54.6 Å². The third-order valence-electron chi connectivity index (χ3n) is 6.39. The second-order valence-electron chi connectivity index (χ2n) is 8.65. The van der Waals surface area contributed by atoms with Gasteiger partial charge in [0, 0.05) is 17.3 Å². The molecule has 0 aromatic heterocycles. The van der Waals surface area contributed by atoms with E-state index >= 15 is 0 Å². The van der Waals surface area contributed by atoms with E-state index in [0.29, 0.717) is 5.56 Å². The molecule has 0 saturated carbocycles. The zero-order valence-corrected chi connectivity index (χ0v) is 19.1. The molecular formula is C33H23NO. The minimum absolute atomic E-state index is 0.227. The van der Waals surface area contributed by atoms with Crippen molar-refractivity contribution in [3.8, 4) is 28.0 Å². The molecule has 0 aliphatic carbocycles. The zero-order chi connectivity index (χ0) is 23.6. The van der Waals surface area contributed by atoms with E-state index in [2.05, 4.69) is 77.8 Å². The van der Waals surface area contributed by atoms with Gasteiger partial charge in [-0.2, -0.15) is 0 Å². The van der Waals surface area contributed by atoms with Crippen LogP contribution in [0.4, 0.5) is 5.69 Å². The van der Waals surface area contributed by atoms with Crippen LogP contribution in [0.1, 0.15) is 5.56 Å². The van der Waals surface area contributed by atoms with Gasteiger partial charge in [0.25, 0.3) is 0 Å². The van der Waals surface area contributed by atoms with Crippen LogP contribution in [0.3, 0.4) is 0 Å². The molecule has 0 amide bonds. The lowest BCUT2D eigenvalue weighted by Gasteiger charge is -2.14. The first-order valence-corrected chi connectivity index (χ1v) is 11.7. The Labute approximate surface area is 204 Å². The summed E-state index contributed by atoms with van der Waals surface area (Å²) in [4.78, 5) is 4.63. The Morgan fingerprint density at radius 2 is 1.17 bits per heavy atom. The zero-order valence-electron chi connectivity index (χ0n) is 19.1. The standard InChI is InChI=1S/C33H23NO/c35-33-28(22-34-29-15-5-2-6-16-29)19-27(23-10-3-1-4-11-23)21-32(33)30-17-9-14-26-18-24-12-7-8-13-25(24)20-31(26)30/h1-22,35H. The first-order chi connectivity index (χ1) is 17.3. The average molecular weight is 450 g/mol. The molecule has 0 unspecified atom stereocenters. The van der Waals surface area contributed by atoms with E-state index in [0.717, 1.165) is 38.7 Å². The molecule has 0 aliphatic heterocycles. The van der Waals surface area contributed by atoms with Crippen molar-refractivity contribution < 1.29 is 5.11 Å². The van der Waals surface area contributed by atoms with E-state index in [9.17, 15) is 5.11 Å². The van der Waals surface area contributed by atoms with Gasteiger partial charge in [-0.15, -0.1) is 0 Å². The molecule has 0 saturated heterocycles. The lowest BCUT2D eigenvalue weighted by atomic mass is 9.91. The molecule has 1 N–H and O–H groups in total. The van der Waals surface area contributed by atoms with Crippen molar-refractivity contribution in [2.75, 3.05) is 0 Å². The van der Waals surface area contributed by atoms with Crippen LogP contribution in [0.15, 0.2) is 132 Å². The van der Waals surface area contributed by atoms with E-state index in [1.165, 1.54) is 10.8 Å². The van der Waals surface area contributed by atoms with Crippen molar-refractivity contribution in [2.45, 2.75) is 0 Å². The van der Waals surface area contributed by atoms with Crippen LogP contribution < -0.4 is 0 Å². The fourth-order valence-corrected chi connectivity index (χ4v) is 4.62. The highest BCUT2D eigenvalue weighted by molar-refractivity contribution is 6.07. The molecule has 35 heavy (non-hydrogen) atoms. The minimum atomic E-state index is 0.227. The molecule has 6 aromatic carbocycles. The Hall–Kier alpha value is -4.69. The van der Waals surface area contributed by atoms with E-state index in [4.69, 9.17) is 0 Å². The molecule has 6 rings (SSSR count). The normalized spacial score (nSPS) is 11.4. The average Bonchev–Trinajstić information content (AvgIpc) is 2.92. The van der Waals surface area contributed by atoms with Crippen LogP contribution >= 0.6 is 0 Å². The smallest absolute Gasteiger partial charge is 0.132 e. The first-order valence-electron chi connectivity index (χ1n) is 11.7. The number of phenols is 1. The fraction of sp³-hybridized carbons (Fsp3) is 0. The van der Waals surface area contributed by atoms with Gasteiger partial charge in [-0.1, -0.05) is 91.0 Å². The molecule has 0 atom stereocenters. The van der Waals surface area contributed by atoms with Crippen LogP contribution in [-0.2, 0) is 0 Å². The number of fused-ring (bicyclic) bond motifs is 2. The third-order valence-corrected chi connectivity index (χ3v) is 6.39. The molecule has 0 fully saturated rings. The van der Waals surface area contributed by atoms with Crippen molar-refractivity contribution in [3.05, 3.63) is 133 Å². The number of rotatable bonds is 4. The van der Waals surface area contributed by atoms with Crippen LogP contribution in [0.5, 0.6) is 5.75 Å². The molecule has 6 aromatic rings. The highest BCUT2D eigenvalue weighted by Gasteiger charge is 2.15. The van der Waals surface area contributed by atoms with E-state index in [1.54, 1.807) is 6.21 Å². The van der Waals surface area contributed by atoms with Gasteiger partial charge in [0.15, 0.2) is 0 Å². The summed E-state index contributed by atoms with van der Waals surface area (Å²) in [5.74, 6) is 0.227. The summed E-state index contributed by atoms with van der Waals surface area (Å²) in [7, 11) is 0. The van der Waals surface area contributed by atoms with Crippen LogP contribution in [0, 0.1) is 0 Å². The number of hydrogen-bond acceptors (Lipinski definition) is 2. The second kappa shape index (κ2) is 8.92. The van der Waals surface area contributed by atoms with Gasteiger partial charge < -0.3 is 5.11 Å². The lowest BCUT2D eigenvalue weighted by Crippen LogP contribution is -1.91. The van der Waals surface area contributed by atoms with Crippen molar-refractivity contribution >= 4 is 33.4 Å². The van der Waals surface area contributed by atoms with Gasteiger partial charge in [-0.3, -0.25) is 4.99 Å². The van der Waals surface area contributed by atoms with E-state index in [-0.39, 0.29) is 5.75 Å². The highest BCUT2D eigenvalue weighted by atomic mass is 16.3. The van der Waals surface area contributed by atoms with Crippen molar-refractivity contribution in [2.24, 2.45) is 4.99 Å². The summed E-state index contributed by atoms with van der Waals surface area (Å²) in [6.07, 6.45) is 1.75. The van der Waals surface area contributed by atoms with Crippen molar-refractivity contribution in [1.29, 1.82) is 0 Å². The summed E-state index contributed by atoms with van der Waals surface area (Å²) < 4.78 is 0. The summed E-state index contributed by atoms with van der Waals surface area (Å²) in [6.45, 7) is 0. The number of aromatic hydroxyl groups is 1. The summed E-state index contributed by atoms with van der Waals surface area (Å²) in [5, 5.41) is 16.1. The number of aliphatic imine (C=N–C) groups is 1. The van der Waals surface area contributed by atoms with Gasteiger partial charge in [0.05, 0.1) is 5.69 Å². The Balaban J connectivity index is 1.59. The number of para-hydroxylation sites is 1.